The molecule has 1 fully saturated rings. The Morgan fingerprint density at radius 1 is 1.50 bits per heavy atom. The lowest BCUT2D eigenvalue weighted by molar-refractivity contribution is 0.277. The maximum atomic E-state index is 9.19. The van der Waals surface area contributed by atoms with E-state index in [4.69, 9.17) is 9.66 Å². The molecule has 62 valence electrons. The molecule has 0 amide bonds. The summed E-state index contributed by atoms with van der Waals surface area (Å²) in [4.78, 5) is 0. The zero-order valence-electron chi connectivity index (χ0n) is 5.82. The van der Waals surface area contributed by atoms with Crippen molar-refractivity contribution >= 4 is 10.1 Å². The van der Waals surface area contributed by atoms with Crippen LogP contribution in [0.15, 0.2) is 0 Å². The molecule has 1 aliphatic rings. The van der Waals surface area contributed by atoms with E-state index in [9.17, 15) is 8.42 Å². The van der Waals surface area contributed by atoms with Gasteiger partial charge in [-0.25, -0.2) is 0 Å². The van der Waals surface area contributed by atoms with Crippen LogP contribution in [0.4, 0.5) is 0 Å². The van der Waals surface area contributed by atoms with Gasteiger partial charge in [0.1, 0.15) is 0 Å². The van der Waals surface area contributed by atoms with Gasteiger partial charge in [-0.15, -0.1) is 0 Å². The Morgan fingerprint density at radius 3 is 1.80 bits per heavy atom. The third-order valence-electron chi connectivity index (χ3n) is 0.955. The van der Waals surface area contributed by atoms with Gasteiger partial charge in [0.05, 0.1) is 6.26 Å². The maximum Gasteiger partial charge on any atom is 0.261 e. The summed E-state index contributed by atoms with van der Waals surface area (Å²) in [6, 6.07) is 0. The molecule has 1 aliphatic carbocycles. The highest BCUT2D eigenvalue weighted by Crippen LogP contribution is 2.27. The quantitative estimate of drug-likeness (QED) is 0.536. The second-order valence-electron chi connectivity index (χ2n) is 2.36. The summed E-state index contributed by atoms with van der Waals surface area (Å²) in [5.41, 5.74) is 0. The number of hydrogen-bond acceptors (Lipinski definition) is 3. The van der Waals surface area contributed by atoms with Gasteiger partial charge in [-0.3, -0.25) is 4.55 Å². The van der Waals surface area contributed by atoms with E-state index in [1.54, 1.807) is 0 Å². The number of aliphatic hydroxyl groups is 1. The van der Waals surface area contributed by atoms with Crippen molar-refractivity contribution < 1.29 is 18.1 Å². The van der Waals surface area contributed by atoms with Crippen LogP contribution in [-0.2, 0) is 10.1 Å². The zero-order valence-corrected chi connectivity index (χ0v) is 6.63. The highest BCUT2D eigenvalue weighted by Gasteiger charge is 2.18. The van der Waals surface area contributed by atoms with Crippen LogP contribution in [0.2, 0.25) is 0 Å². The SMILES string of the molecule is CS(=O)(=O)O.OCC1CC1. The molecule has 0 atom stereocenters. The van der Waals surface area contributed by atoms with Crippen molar-refractivity contribution in [2.24, 2.45) is 5.92 Å². The summed E-state index contributed by atoms with van der Waals surface area (Å²) in [7, 11) is -3.67. The topological polar surface area (TPSA) is 74.6 Å². The molecule has 1 saturated carbocycles. The van der Waals surface area contributed by atoms with Crippen molar-refractivity contribution in [1.82, 2.24) is 0 Å². The lowest BCUT2D eigenvalue weighted by Gasteiger charge is -1.73. The summed E-state index contributed by atoms with van der Waals surface area (Å²) in [5.74, 6) is 0.690. The first-order valence-electron chi connectivity index (χ1n) is 2.97. The van der Waals surface area contributed by atoms with Gasteiger partial charge in [-0.05, 0) is 18.8 Å². The van der Waals surface area contributed by atoms with Gasteiger partial charge in [0.25, 0.3) is 10.1 Å². The minimum Gasteiger partial charge on any atom is -0.396 e. The average Bonchev–Trinajstić information content (AvgIpc) is 2.39. The third kappa shape index (κ3) is 15.7. The van der Waals surface area contributed by atoms with Crippen LogP contribution >= 0.6 is 0 Å². The van der Waals surface area contributed by atoms with E-state index in [1.165, 1.54) is 12.8 Å². The highest BCUT2D eigenvalue weighted by molar-refractivity contribution is 7.85. The molecule has 2 N–H and O–H groups in total. The first kappa shape index (κ1) is 9.87. The molecule has 0 aromatic rings. The molecule has 4 nitrogen and oxygen atoms in total. The maximum absolute atomic E-state index is 9.19. The molecular weight excluding hydrogens is 156 g/mol. The van der Waals surface area contributed by atoms with E-state index in [2.05, 4.69) is 0 Å². The largest absolute Gasteiger partial charge is 0.396 e. The third-order valence-corrected chi connectivity index (χ3v) is 0.955. The van der Waals surface area contributed by atoms with E-state index >= 15 is 0 Å². The van der Waals surface area contributed by atoms with Crippen molar-refractivity contribution in [2.75, 3.05) is 12.9 Å². The van der Waals surface area contributed by atoms with Crippen molar-refractivity contribution in [3.63, 3.8) is 0 Å². The lowest BCUT2D eigenvalue weighted by Crippen LogP contribution is -1.88. The molecular formula is C5H12O4S. The Kier molecular flexibility index (Phi) is 3.85. The van der Waals surface area contributed by atoms with E-state index < -0.39 is 10.1 Å². The van der Waals surface area contributed by atoms with Crippen molar-refractivity contribution in [1.29, 1.82) is 0 Å². The van der Waals surface area contributed by atoms with Gasteiger partial charge in [0, 0.05) is 6.61 Å². The van der Waals surface area contributed by atoms with Gasteiger partial charge >= 0.3 is 0 Å². The number of aliphatic hydroxyl groups excluding tert-OH is 1. The van der Waals surface area contributed by atoms with E-state index in [-0.39, 0.29) is 0 Å². The number of hydrogen-bond donors (Lipinski definition) is 2. The summed E-state index contributed by atoms with van der Waals surface area (Å²) in [6.45, 7) is 0.417. The Bertz CT molecular complexity index is 160. The molecule has 0 aromatic heterocycles. The lowest BCUT2D eigenvalue weighted by atomic mass is 10.5. The summed E-state index contributed by atoms with van der Waals surface area (Å²) in [5, 5.41) is 8.21. The number of rotatable bonds is 1. The first-order chi connectivity index (χ1) is 4.43. The summed E-state index contributed by atoms with van der Waals surface area (Å²) >= 11 is 0. The van der Waals surface area contributed by atoms with Crippen molar-refractivity contribution in [3.05, 3.63) is 0 Å². The van der Waals surface area contributed by atoms with Gasteiger partial charge in [0.2, 0.25) is 0 Å². The van der Waals surface area contributed by atoms with Gasteiger partial charge < -0.3 is 5.11 Å². The predicted molar refractivity (Wildman–Crippen MR) is 37.3 cm³/mol. The molecule has 0 unspecified atom stereocenters. The second kappa shape index (κ2) is 3.90. The summed E-state index contributed by atoms with van der Waals surface area (Å²) in [6.07, 6.45) is 3.24. The van der Waals surface area contributed by atoms with Crippen LogP contribution in [0.1, 0.15) is 12.8 Å². The van der Waals surface area contributed by atoms with Gasteiger partial charge in [0.15, 0.2) is 0 Å². The van der Waals surface area contributed by atoms with E-state index in [1.807, 2.05) is 0 Å². The minimum atomic E-state index is -3.67. The molecule has 0 bridgehead atoms. The summed E-state index contributed by atoms with van der Waals surface area (Å²) < 4.78 is 25.9. The van der Waals surface area contributed by atoms with Gasteiger partial charge in [-0.2, -0.15) is 8.42 Å². The minimum absolute atomic E-state index is 0.417. The Labute approximate surface area is 60.6 Å². The zero-order chi connectivity index (χ0) is 8.20. The van der Waals surface area contributed by atoms with E-state index in [0.29, 0.717) is 18.8 Å². The van der Waals surface area contributed by atoms with Crippen LogP contribution in [0.5, 0.6) is 0 Å². The molecule has 0 saturated heterocycles. The Hall–Kier alpha value is -0.130. The smallest absolute Gasteiger partial charge is 0.261 e. The Morgan fingerprint density at radius 2 is 1.80 bits per heavy atom. The second-order valence-corrected chi connectivity index (χ2v) is 3.83. The fourth-order valence-corrected chi connectivity index (χ4v) is 0.300. The van der Waals surface area contributed by atoms with Crippen LogP contribution in [0.25, 0.3) is 0 Å². The molecule has 0 radical (unpaired) electrons. The molecule has 10 heavy (non-hydrogen) atoms. The van der Waals surface area contributed by atoms with Crippen LogP contribution in [-0.4, -0.2) is 30.9 Å². The fourth-order valence-electron chi connectivity index (χ4n) is 0.300. The Balaban J connectivity index is 0.000000162. The van der Waals surface area contributed by atoms with Crippen LogP contribution < -0.4 is 0 Å². The van der Waals surface area contributed by atoms with Gasteiger partial charge in [-0.1, -0.05) is 0 Å². The molecule has 0 aromatic carbocycles. The van der Waals surface area contributed by atoms with Crippen LogP contribution in [0, 0.1) is 5.92 Å². The molecule has 0 aliphatic heterocycles. The molecule has 0 heterocycles. The normalized spacial score (nSPS) is 17.5. The molecule has 1 rings (SSSR count). The highest BCUT2D eigenvalue weighted by atomic mass is 32.2. The standard InChI is InChI=1S/C4H8O.CH4O3S/c5-3-4-1-2-4;1-5(2,3)4/h4-5H,1-3H2;1H3,(H,2,3,4). The molecule has 0 spiro atoms. The predicted octanol–water partition coefficient (Wildman–Crippen LogP) is -0.107. The monoisotopic (exact) mass is 168 g/mol. The van der Waals surface area contributed by atoms with Crippen molar-refractivity contribution in [3.8, 4) is 0 Å². The van der Waals surface area contributed by atoms with Crippen LogP contribution in [0.3, 0.4) is 0 Å². The van der Waals surface area contributed by atoms with Crippen molar-refractivity contribution in [2.45, 2.75) is 12.8 Å². The first-order valence-corrected chi connectivity index (χ1v) is 4.81. The fraction of sp³-hybridized carbons (Fsp3) is 1.00. The van der Waals surface area contributed by atoms with E-state index in [0.717, 1.165) is 0 Å². The average molecular weight is 168 g/mol. The molecule has 5 heteroatoms.